The molecule has 0 aliphatic heterocycles. The average molecular weight is 332 g/mol. The fourth-order valence-electron chi connectivity index (χ4n) is 2.69. The standard InChI is InChI=1S/C19H16N4O2/c24-17(21-16-8-4-7-15-14(16)11-12-20-15)9-10-18-22-19(23-25-18)13-5-2-1-3-6-13/h1-8,11-12,20H,9-10H2,(H,21,24). The molecular weight excluding hydrogens is 316 g/mol. The number of hydrogen-bond donors (Lipinski definition) is 2. The monoisotopic (exact) mass is 332 g/mol. The second-order valence-electron chi connectivity index (χ2n) is 5.67. The lowest BCUT2D eigenvalue weighted by Crippen LogP contribution is -2.12. The third kappa shape index (κ3) is 3.28. The zero-order chi connectivity index (χ0) is 17.1. The Morgan fingerprint density at radius 3 is 2.84 bits per heavy atom. The minimum absolute atomic E-state index is 0.0897. The first kappa shape index (κ1) is 15.1. The molecule has 0 aliphatic carbocycles. The third-order valence-corrected chi connectivity index (χ3v) is 3.94. The fourth-order valence-corrected chi connectivity index (χ4v) is 2.69. The number of hydrogen-bond acceptors (Lipinski definition) is 4. The summed E-state index contributed by atoms with van der Waals surface area (Å²) in [5.74, 6) is 0.898. The largest absolute Gasteiger partial charge is 0.361 e. The molecule has 0 unspecified atom stereocenters. The van der Waals surface area contributed by atoms with Gasteiger partial charge in [-0.15, -0.1) is 0 Å². The van der Waals surface area contributed by atoms with Crippen LogP contribution in [0.3, 0.4) is 0 Å². The van der Waals surface area contributed by atoms with E-state index in [2.05, 4.69) is 20.4 Å². The molecule has 2 aromatic carbocycles. The highest BCUT2D eigenvalue weighted by atomic mass is 16.5. The van der Waals surface area contributed by atoms with Crippen LogP contribution in [0.1, 0.15) is 12.3 Å². The van der Waals surface area contributed by atoms with Crippen molar-refractivity contribution in [3.63, 3.8) is 0 Å². The summed E-state index contributed by atoms with van der Waals surface area (Å²) in [6.45, 7) is 0. The Labute approximate surface area is 143 Å². The number of rotatable bonds is 5. The van der Waals surface area contributed by atoms with Crippen LogP contribution in [0.2, 0.25) is 0 Å². The second kappa shape index (κ2) is 6.60. The maximum absolute atomic E-state index is 12.2. The van der Waals surface area contributed by atoms with E-state index in [9.17, 15) is 4.79 Å². The number of fused-ring (bicyclic) bond motifs is 1. The summed E-state index contributed by atoms with van der Waals surface area (Å²) in [5, 5.41) is 7.88. The summed E-state index contributed by atoms with van der Waals surface area (Å²) in [4.78, 5) is 19.7. The van der Waals surface area contributed by atoms with Gasteiger partial charge < -0.3 is 14.8 Å². The Morgan fingerprint density at radius 2 is 1.96 bits per heavy atom. The van der Waals surface area contributed by atoms with Crippen molar-refractivity contribution in [3.8, 4) is 11.4 Å². The van der Waals surface area contributed by atoms with Gasteiger partial charge in [-0.1, -0.05) is 41.6 Å². The van der Waals surface area contributed by atoms with Crippen molar-refractivity contribution in [3.05, 3.63) is 66.7 Å². The molecule has 0 bridgehead atoms. The number of H-pyrrole nitrogens is 1. The van der Waals surface area contributed by atoms with Crippen LogP contribution in [0.4, 0.5) is 5.69 Å². The van der Waals surface area contributed by atoms with Crippen LogP contribution in [-0.2, 0) is 11.2 Å². The lowest BCUT2D eigenvalue weighted by molar-refractivity contribution is -0.116. The van der Waals surface area contributed by atoms with Gasteiger partial charge in [0.25, 0.3) is 0 Å². The van der Waals surface area contributed by atoms with Crippen molar-refractivity contribution in [1.29, 1.82) is 0 Å². The lowest BCUT2D eigenvalue weighted by atomic mass is 10.2. The molecular formula is C19H16N4O2. The van der Waals surface area contributed by atoms with E-state index >= 15 is 0 Å². The molecule has 0 aliphatic rings. The number of aromatic nitrogens is 3. The van der Waals surface area contributed by atoms with Gasteiger partial charge in [0.1, 0.15) is 0 Å². The van der Waals surface area contributed by atoms with Crippen molar-refractivity contribution in [2.24, 2.45) is 0 Å². The van der Waals surface area contributed by atoms with E-state index in [0.29, 0.717) is 18.1 Å². The molecule has 2 heterocycles. The molecule has 2 aromatic heterocycles. The first-order valence-corrected chi connectivity index (χ1v) is 8.03. The summed E-state index contributed by atoms with van der Waals surface area (Å²) in [5.41, 5.74) is 2.67. The van der Waals surface area contributed by atoms with Gasteiger partial charge in [0.15, 0.2) is 0 Å². The molecule has 0 spiro atoms. The molecule has 2 N–H and O–H groups in total. The van der Waals surface area contributed by atoms with Gasteiger partial charge in [0.05, 0.1) is 5.69 Å². The molecule has 0 fully saturated rings. The number of amides is 1. The summed E-state index contributed by atoms with van der Waals surface area (Å²) in [7, 11) is 0. The maximum atomic E-state index is 12.2. The summed E-state index contributed by atoms with van der Waals surface area (Å²) < 4.78 is 5.23. The van der Waals surface area contributed by atoms with E-state index in [1.807, 2.05) is 60.8 Å². The average Bonchev–Trinajstić information content (AvgIpc) is 3.31. The van der Waals surface area contributed by atoms with Gasteiger partial charge in [0, 0.05) is 35.5 Å². The van der Waals surface area contributed by atoms with Crippen molar-refractivity contribution in [2.75, 3.05) is 5.32 Å². The first-order valence-electron chi connectivity index (χ1n) is 8.03. The molecule has 4 rings (SSSR count). The molecule has 124 valence electrons. The predicted molar refractivity (Wildman–Crippen MR) is 95.0 cm³/mol. The fraction of sp³-hybridized carbons (Fsp3) is 0.105. The zero-order valence-electron chi connectivity index (χ0n) is 13.4. The van der Waals surface area contributed by atoms with Crippen molar-refractivity contribution in [1.82, 2.24) is 15.1 Å². The number of aromatic amines is 1. The van der Waals surface area contributed by atoms with E-state index in [-0.39, 0.29) is 12.3 Å². The molecule has 0 saturated carbocycles. The Balaban J connectivity index is 1.39. The Kier molecular flexibility index (Phi) is 4.00. The van der Waals surface area contributed by atoms with E-state index in [4.69, 9.17) is 4.52 Å². The number of nitrogens with zero attached hydrogens (tertiary/aromatic N) is 2. The zero-order valence-corrected chi connectivity index (χ0v) is 13.4. The Morgan fingerprint density at radius 1 is 1.08 bits per heavy atom. The van der Waals surface area contributed by atoms with Crippen LogP contribution in [0.25, 0.3) is 22.3 Å². The van der Waals surface area contributed by atoms with E-state index in [1.165, 1.54) is 0 Å². The van der Waals surface area contributed by atoms with Crippen LogP contribution in [0.5, 0.6) is 0 Å². The topological polar surface area (TPSA) is 83.8 Å². The molecule has 0 atom stereocenters. The van der Waals surface area contributed by atoms with Crippen LogP contribution in [-0.4, -0.2) is 21.0 Å². The van der Waals surface area contributed by atoms with Crippen LogP contribution in [0, 0.1) is 0 Å². The molecule has 6 heteroatoms. The smallest absolute Gasteiger partial charge is 0.227 e. The highest BCUT2D eigenvalue weighted by molar-refractivity contribution is 6.01. The van der Waals surface area contributed by atoms with E-state index in [0.717, 1.165) is 22.2 Å². The minimum atomic E-state index is -0.0897. The lowest BCUT2D eigenvalue weighted by Gasteiger charge is -2.05. The normalized spacial score (nSPS) is 10.9. The van der Waals surface area contributed by atoms with Crippen molar-refractivity contribution < 1.29 is 9.32 Å². The quantitative estimate of drug-likeness (QED) is 0.582. The van der Waals surface area contributed by atoms with E-state index in [1.54, 1.807) is 0 Å². The number of nitrogens with one attached hydrogen (secondary N) is 2. The second-order valence-corrected chi connectivity index (χ2v) is 5.67. The SMILES string of the molecule is O=C(CCc1nc(-c2ccccc2)no1)Nc1cccc2[nH]ccc12. The van der Waals surface area contributed by atoms with E-state index < -0.39 is 0 Å². The number of anilines is 1. The summed E-state index contributed by atoms with van der Waals surface area (Å²) in [6, 6.07) is 17.3. The summed E-state index contributed by atoms with van der Waals surface area (Å²) in [6.07, 6.45) is 2.52. The molecule has 6 nitrogen and oxygen atoms in total. The van der Waals surface area contributed by atoms with Gasteiger partial charge in [-0.05, 0) is 18.2 Å². The first-order chi connectivity index (χ1) is 12.3. The van der Waals surface area contributed by atoms with Gasteiger partial charge in [-0.3, -0.25) is 4.79 Å². The van der Waals surface area contributed by atoms with Crippen molar-refractivity contribution in [2.45, 2.75) is 12.8 Å². The summed E-state index contributed by atoms with van der Waals surface area (Å²) >= 11 is 0. The number of aryl methyl sites for hydroxylation is 1. The van der Waals surface area contributed by atoms with Gasteiger partial charge >= 0.3 is 0 Å². The predicted octanol–water partition coefficient (Wildman–Crippen LogP) is 3.79. The van der Waals surface area contributed by atoms with Crippen molar-refractivity contribution >= 4 is 22.5 Å². The number of benzene rings is 2. The highest BCUT2D eigenvalue weighted by Crippen LogP contribution is 2.22. The van der Waals surface area contributed by atoms with Gasteiger partial charge in [0.2, 0.25) is 17.6 Å². The molecule has 4 aromatic rings. The third-order valence-electron chi connectivity index (χ3n) is 3.94. The van der Waals surface area contributed by atoms with Crippen LogP contribution < -0.4 is 5.32 Å². The molecule has 0 saturated heterocycles. The number of carbonyl (C=O) groups is 1. The van der Waals surface area contributed by atoms with Gasteiger partial charge in [-0.2, -0.15) is 4.98 Å². The number of carbonyl (C=O) groups excluding carboxylic acids is 1. The maximum Gasteiger partial charge on any atom is 0.227 e. The molecule has 0 radical (unpaired) electrons. The van der Waals surface area contributed by atoms with Gasteiger partial charge in [-0.25, -0.2) is 0 Å². The highest BCUT2D eigenvalue weighted by Gasteiger charge is 2.11. The van der Waals surface area contributed by atoms with Crippen LogP contribution >= 0.6 is 0 Å². The minimum Gasteiger partial charge on any atom is -0.361 e. The Bertz CT molecular complexity index is 1000. The Hall–Kier alpha value is -3.41. The molecule has 1 amide bonds. The van der Waals surface area contributed by atoms with Crippen LogP contribution in [0.15, 0.2) is 65.3 Å². The molecule has 25 heavy (non-hydrogen) atoms.